The van der Waals surface area contributed by atoms with Gasteiger partial charge in [-0.1, -0.05) is 0 Å². The average molecular weight is 365 g/mol. The van der Waals surface area contributed by atoms with Crippen molar-refractivity contribution in [2.24, 2.45) is 7.05 Å². The monoisotopic (exact) mass is 364 g/mol. The van der Waals surface area contributed by atoms with E-state index in [0.717, 1.165) is 57.6 Å². The van der Waals surface area contributed by atoms with Crippen molar-refractivity contribution in [3.63, 3.8) is 0 Å². The number of nitrogens with zero attached hydrogens (tertiary/aromatic N) is 6. The molecule has 0 aliphatic carbocycles. The molecular formula is C19H36N6O. The van der Waals surface area contributed by atoms with Gasteiger partial charge in [-0.2, -0.15) is 0 Å². The van der Waals surface area contributed by atoms with Crippen molar-refractivity contribution in [3.8, 4) is 0 Å². The van der Waals surface area contributed by atoms with Crippen LogP contribution in [0.4, 0.5) is 0 Å². The van der Waals surface area contributed by atoms with Crippen molar-refractivity contribution in [2.45, 2.75) is 44.7 Å². The van der Waals surface area contributed by atoms with Crippen molar-refractivity contribution in [2.75, 3.05) is 60.0 Å². The molecule has 2 fully saturated rings. The van der Waals surface area contributed by atoms with E-state index in [1.54, 1.807) is 0 Å². The first kappa shape index (κ1) is 19.7. The van der Waals surface area contributed by atoms with Crippen LogP contribution in [0.1, 0.15) is 44.3 Å². The van der Waals surface area contributed by atoms with Crippen LogP contribution in [0.25, 0.3) is 0 Å². The molecule has 0 amide bonds. The maximum Gasteiger partial charge on any atom is 0.146 e. The lowest BCUT2D eigenvalue weighted by atomic mass is 9.94. The van der Waals surface area contributed by atoms with Crippen molar-refractivity contribution in [1.82, 2.24) is 29.5 Å². The van der Waals surface area contributed by atoms with E-state index in [0.29, 0.717) is 5.92 Å². The van der Waals surface area contributed by atoms with E-state index in [4.69, 9.17) is 4.74 Å². The molecule has 2 aliphatic heterocycles. The number of likely N-dealkylation sites (tertiary alicyclic amines) is 1. The van der Waals surface area contributed by atoms with E-state index in [1.807, 2.05) is 0 Å². The zero-order chi connectivity index (χ0) is 18.7. The summed E-state index contributed by atoms with van der Waals surface area (Å²) in [4.78, 5) is 7.35. The Hall–Kier alpha value is -1.02. The summed E-state index contributed by atoms with van der Waals surface area (Å²) in [5.41, 5.74) is 0.182. The van der Waals surface area contributed by atoms with Gasteiger partial charge in [-0.3, -0.25) is 4.90 Å². The lowest BCUT2D eigenvalue weighted by Gasteiger charge is -2.45. The Balaban J connectivity index is 1.63. The summed E-state index contributed by atoms with van der Waals surface area (Å²) in [5, 5.41) is 8.98. The number of hydrogen-bond donors (Lipinski definition) is 0. The quantitative estimate of drug-likeness (QED) is 0.755. The second-order valence-electron chi connectivity index (χ2n) is 8.76. The normalized spacial score (nSPS) is 23.7. The number of ether oxygens (including phenoxy) is 1. The summed E-state index contributed by atoms with van der Waals surface area (Å²) in [7, 11) is 6.26. The zero-order valence-corrected chi connectivity index (χ0v) is 17.2. The van der Waals surface area contributed by atoms with Gasteiger partial charge >= 0.3 is 0 Å². The van der Waals surface area contributed by atoms with Gasteiger partial charge in [0, 0.05) is 44.7 Å². The Morgan fingerprint density at radius 3 is 2.58 bits per heavy atom. The van der Waals surface area contributed by atoms with E-state index < -0.39 is 0 Å². The van der Waals surface area contributed by atoms with Gasteiger partial charge < -0.3 is 19.1 Å². The molecule has 0 spiro atoms. The van der Waals surface area contributed by atoms with Crippen molar-refractivity contribution < 1.29 is 4.74 Å². The molecule has 148 valence electrons. The van der Waals surface area contributed by atoms with Gasteiger partial charge in [0.05, 0.1) is 19.8 Å². The maximum atomic E-state index is 5.53. The predicted octanol–water partition coefficient (Wildman–Crippen LogP) is 1.17. The van der Waals surface area contributed by atoms with Crippen LogP contribution in [0, 0.1) is 0 Å². The highest BCUT2D eigenvalue weighted by atomic mass is 16.5. The second kappa shape index (κ2) is 8.33. The summed E-state index contributed by atoms with van der Waals surface area (Å²) >= 11 is 0. The number of morpholine rings is 1. The highest BCUT2D eigenvalue weighted by Crippen LogP contribution is 2.28. The number of hydrogen-bond acceptors (Lipinski definition) is 6. The zero-order valence-electron chi connectivity index (χ0n) is 17.2. The van der Waals surface area contributed by atoms with Gasteiger partial charge in [-0.15, -0.1) is 10.2 Å². The van der Waals surface area contributed by atoms with Crippen LogP contribution >= 0.6 is 0 Å². The van der Waals surface area contributed by atoms with Gasteiger partial charge in [0.1, 0.15) is 11.6 Å². The summed E-state index contributed by atoms with van der Waals surface area (Å²) < 4.78 is 7.74. The summed E-state index contributed by atoms with van der Waals surface area (Å²) in [5.74, 6) is 2.68. The average Bonchev–Trinajstić information content (AvgIpc) is 2.96. The molecule has 7 heteroatoms. The summed E-state index contributed by atoms with van der Waals surface area (Å²) in [6.07, 6.45) is 2.45. The molecule has 0 bridgehead atoms. The smallest absolute Gasteiger partial charge is 0.146 e. The molecule has 7 nitrogen and oxygen atoms in total. The van der Waals surface area contributed by atoms with Gasteiger partial charge in [-0.25, -0.2) is 0 Å². The molecule has 0 saturated carbocycles. The number of piperidine rings is 1. The predicted molar refractivity (Wildman–Crippen MR) is 103 cm³/mol. The van der Waals surface area contributed by atoms with Crippen LogP contribution in [0.3, 0.4) is 0 Å². The van der Waals surface area contributed by atoms with Gasteiger partial charge in [-0.05, 0) is 47.3 Å². The highest BCUT2D eigenvalue weighted by molar-refractivity contribution is 5.04. The van der Waals surface area contributed by atoms with Gasteiger partial charge in [0.25, 0.3) is 0 Å². The minimum absolute atomic E-state index is 0.182. The molecule has 3 heterocycles. The molecule has 3 rings (SSSR count). The van der Waals surface area contributed by atoms with Gasteiger partial charge in [0.15, 0.2) is 0 Å². The van der Waals surface area contributed by atoms with Crippen LogP contribution in [-0.2, 0) is 18.3 Å². The number of aromatic nitrogens is 3. The minimum Gasteiger partial charge on any atom is -0.379 e. The Kier molecular flexibility index (Phi) is 6.33. The summed E-state index contributed by atoms with van der Waals surface area (Å²) in [6, 6.07) is 0. The third kappa shape index (κ3) is 4.63. The molecule has 0 N–H and O–H groups in total. The van der Waals surface area contributed by atoms with E-state index in [1.165, 1.54) is 19.4 Å². The molecule has 1 aromatic heterocycles. The number of rotatable bonds is 6. The van der Waals surface area contributed by atoms with Crippen molar-refractivity contribution in [1.29, 1.82) is 0 Å². The standard InChI is InChI=1S/C19H36N6O/c1-19(2,25-9-11-26-12-10-25)15-24-8-6-7-16(13-24)18-21-20-17(23(18)5)14-22(3)4/h16H,6-15H2,1-5H3/t16-/m0/s1. The fourth-order valence-electron chi connectivity index (χ4n) is 4.38. The maximum absolute atomic E-state index is 5.53. The fourth-order valence-corrected chi connectivity index (χ4v) is 4.38. The van der Waals surface area contributed by atoms with E-state index in [2.05, 4.69) is 64.5 Å². The lowest BCUT2D eigenvalue weighted by Crippen LogP contribution is -2.56. The highest BCUT2D eigenvalue weighted by Gasteiger charge is 2.33. The Bertz CT molecular complexity index is 579. The van der Waals surface area contributed by atoms with Crippen LogP contribution in [0.2, 0.25) is 0 Å². The molecule has 2 saturated heterocycles. The van der Waals surface area contributed by atoms with Crippen LogP contribution in [0.5, 0.6) is 0 Å². The van der Waals surface area contributed by atoms with Gasteiger partial charge in [0.2, 0.25) is 0 Å². The third-order valence-corrected chi connectivity index (χ3v) is 5.80. The van der Waals surface area contributed by atoms with E-state index in [-0.39, 0.29) is 5.54 Å². The first-order chi connectivity index (χ1) is 12.4. The molecule has 26 heavy (non-hydrogen) atoms. The Labute approximate surface area is 158 Å². The molecule has 1 aromatic rings. The van der Waals surface area contributed by atoms with Crippen molar-refractivity contribution >= 4 is 0 Å². The molecular weight excluding hydrogens is 328 g/mol. The Morgan fingerprint density at radius 2 is 1.88 bits per heavy atom. The van der Waals surface area contributed by atoms with E-state index >= 15 is 0 Å². The molecule has 0 aromatic carbocycles. The molecule has 0 unspecified atom stereocenters. The van der Waals surface area contributed by atoms with Crippen LogP contribution in [0.15, 0.2) is 0 Å². The van der Waals surface area contributed by atoms with Crippen molar-refractivity contribution in [3.05, 3.63) is 11.6 Å². The van der Waals surface area contributed by atoms with E-state index in [9.17, 15) is 0 Å². The molecule has 0 radical (unpaired) electrons. The fraction of sp³-hybridized carbons (Fsp3) is 0.895. The first-order valence-corrected chi connectivity index (χ1v) is 9.95. The van der Waals surface area contributed by atoms with Crippen LogP contribution < -0.4 is 0 Å². The molecule has 2 aliphatic rings. The lowest BCUT2D eigenvalue weighted by molar-refractivity contribution is -0.0243. The summed E-state index contributed by atoms with van der Waals surface area (Å²) in [6.45, 7) is 12.8. The Morgan fingerprint density at radius 1 is 1.15 bits per heavy atom. The first-order valence-electron chi connectivity index (χ1n) is 9.95. The third-order valence-electron chi connectivity index (χ3n) is 5.80. The largest absolute Gasteiger partial charge is 0.379 e. The topological polar surface area (TPSA) is 49.7 Å². The van der Waals surface area contributed by atoms with Crippen LogP contribution in [-0.4, -0.2) is 95.0 Å². The molecule has 1 atom stereocenters. The second-order valence-corrected chi connectivity index (χ2v) is 8.76. The SMILES string of the molecule is CN(C)Cc1nnc([C@H]2CCCN(CC(C)(C)N3CCOCC3)C2)n1C. The minimum atomic E-state index is 0.182.